The molecular weight excluding hydrogens is 1380 g/mol. The molecule has 2 aliphatic rings. The van der Waals surface area contributed by atoms with E-state index in [9.17, 15) is 0 Å². The summed E-state index contributed by atoms with van der Waals surface area (Å²) in [5.74, 6) is 0. The van der Waals surface area contributed by atoms with Gasteiger partial charge in [-0.2, -0.15) is 0 Å². The summed E-state index contributed by atoms with van der Waals surface area (Å²) in [4.78, 5) is 5.41. The SMILES string of the molecule is CC(C)(C)c1cc(-c2cc3c4c(c2)N(c2c(-c5ccccc5)cc(C(C)(C)C)cc2-c2ccccc2)c2cc(-n5c6ccccc6c6ccccc65)ccc2B4c2ccc(-n4c5ccccc5c5cc(-n6c7ccccc7c7ccccc76)ccc54)cc2N3c2cc(-c3ccccc3)cc(-c3ccccc3)c2)cc(C(C)(C)C)c1. The summed E-state index contributed by atoms with van der Waals surface area (Å²) >= 11 is 0. The lowest BCUT2D eigenvalue weighted by atomic mass is 9.33. The lowest BCUT2D eigenvalue weighted by Crippen LogP contribution is -2.61. The molecule has 0 atom stereocenters. The highest BCUT2D eigenvalue weighted by atomic mass is 15.2. The molecule has 0 fully saturated rings. The average Bonchev–Trinajstić information content (AvgIpc) is 0.877. The molecule has 5 nitrogen and oxygen atoms in total. The number of para-hydroxylation sites is 5. The van der Waals surface area contributed by atoms with E-state index in [4.69, 9.17) is 0 Å². The molecule has 0 unspecified atom stereocenters. The van der Waals surface area contributed by atoms with Crippen LogP contribution in [-0.4, -0.2) is 20.4 Å². The van der Waals surface area contributed by atoms with Crippen molar-refractivity contribution in [1.82, 2.24) is 13.7 Å². The molecule has 0 bridgehead atoms. The Kier molecular flexibility index (Phi) is 15.7. The van der Waals surface area contributed by atoms with E-state index in [-0.39, 0.29) is 23.0 Å². The van der Waals surface area contributed by atoms with Crippen LogP contribution in [0.25, 0.3) is 138 Å². The maximum atomic E-state index is 2.74. The van der Waals surface area contributed by atoms with E-state index in [1.165, 1.54) is 82.0 Å². The van der Waals surface area contributed by atoms with Crippen molar-refractivity contribution in [1.29, 1.82) is 0 Å². The molecule has 19 aromatic rings. The molecule has 3 aromatic heterocycles. The molecule has 0 N–H and O–H groups in total. The van der Waals surface area contributed by atoms with Gasteiger partial charge in [0, 0.05) is 88.9 Å². The van der Waals surface area contributed by atoms with Gasteiger partial charge in [0.1, 0.15) is 0 Å². The van der Waals surface area contributed by atoms with E-state index in [0.29, 0.717) is 0 Å². The van der Waals surface area contributed by atoms with Gasteiger partial charge < -0.3 is 23.5 Å². The minimum absolute atomic E-state index is 0.172. The van der Waals surface area contributed by atoms with E-state index < -0.39 is 0 Å². The smallest absolute Gasteiger partial charge is 0.252 e. The normalized spacial score (nSPS) is 12.9. The zero-order chi connectivity index (χ0) is 77.0. The second-order valence-electron chi connectivity index (χ2n) is 34.5. The van der Waals surface area contributed by atoms with Crippen LogP contribution in [0.2, 0.25) is 0 Å². The Balaban J connectivity index is 0.921. The van der Waals surface area contributed by atoms with Crippen molar-refractivity contribution in [3.05, 3.63) is 375 Å². The number of hydrogen-bond acceptors (Lipinski definition) is 2. The van der Waals surface area contributed by atoms with Crippen LogP contribution in [0, 0.1) is 0 Å². The third kappa shape index (κ3) is 11.1. The van der Waals surface area contributed by atoms with Gasteiger partial charge in [-0.15, -0.1) is 0 Å². The van der Waals surface area contributed by atoms with Crippen LogP contribution in [0.1, 0.15) is 79.0 Å². The molecule has 0 radical (unpaired) electrons. The van der Waals surface area contributed by atoms with Crippen molar-refractivity contribution in [2.24, 2.45) is 0 Å². The van der Waals surface area contributed by atoms with Crippen molar-refractivity contribution < 1.29 is 0 Å². The Morgan fingerprint density at radius 2 is 0.526 bits per heavy atom. The zero-order valence-electron chi connectivity index (χ0n) is 65.9. The van der Waals surface area contributed by atoms with Crippen LogP contribution in [0.15, 0.2) is 358 Å². The van der Waals surface area contributed by atoms with Gasteiger partial charge in [-0.25, -0.2) is 0 Å². The first-order valence-corrected chi connectivity index (χ1v) is 40.2. The molecule has 546 valence electrons. The van der Waals surface area contributed by atoms with Crippen LogP contribution in [0.4, 0.5) is 34.1 Å². The van der Waals surface area contributed by atoms with E-state index in [2.05, 4.69) is 444 Å². The molecular formula is C108H86BN5. The molecule has 5 heterocycles. The van der Waals surface area contributed by atoms with Crippen molar-refractivity contribution >= 4 is 123 Å². The fourth-order valence-electron chi connectivity index (χ4n) is 18.7. The maximum absolute atomic E-state index is 2.74. The number of nitrogens with zero attached hydrogens (tertiary/aromatic N) is 5. The lowest BCUT2D eigenvalue weighted by Gasteiger charge is -2.45. The molecule has 114 heavy (non-hydrogen) atoms. The summed E-state index contributed by atoms with van der Waals surface area (Å²) in [6, 6.07) is 136. The number of benzene rings is 16. The molecule has 0 aliphatic carbocycles. The second-order valence-corrected chi connectivity index (χ2v) is 34.5. The zero-order valence-corrected chi connectivity index (χ0v) is 65.9. The molecule has 0 amide bonds. The predicted molar refractivity (Wildman–Crippen MR) is 487 cm³/mol. The van der Waals surface area contributed by atoms with E-state index >= 15 is 0 Å². The third-order valence-electron chi connectivity index (χ3n) is 24.4. The first-order chi connectivity index (χ1) is 55.4. The minimum Gasteiger partial charge on any atom is -0.311 e. The summed E-state index contributed by atoms with van der Waals surface area (Å²) in [5.41, 5.74) is 35.4. The summed E-state index contributed by atoms with van der Waals surface area (Å²) in [6.45, 7) is 21.0. The average molecular weight is 1460 g/mol. The van der Waals surface area contributed by atoms with Crippen molar-refractivity contribution in [3.63, 3.8) is 0 Å². The van der Waals surface area contributed by atoms with Crippen molar-refractivity contribution in [2.45, 2.75) is 78.6 Å². The van der Waals surface area contributed by atoms with E-state index in [1.807, 2.05) is 0 Å². The van der Waals surface area contributed by atoms with Gasteiger partial charge in [-0.05, 0) is 209 Å². The Morgan fingerprint density at radius 1 is 0.211 bits per heavy atom. The van der Waals surface area contributed by atoms with Gasteiger partial charge in [0.05, 0.1) is 38.8 Å². The summed E-state index contributed by atoms with van der Waals surface area (Å²) in [5, 5.41) is 7.32. The van der Waals surface area contributed by atoms with Crippen LogP contribution in [0.5, 0.6) is 0 Å². The summed E-state index contributed by atoms with van der Waals surface area (Å²) < 4.78 is 7.49. The summed E-state index contributed by atoms with van der Waals surface area (Å²) in [6.07, 6.45) is 0. The molecule has 0 spiro atoms. The van der Waals surface area contributed by atoms with Gasteiger partial charge in [0.25, 0.3) is 6.71 Å². The van der Waals surface area contributed by atoms with Crippen LogP contribution < -0.4 is 26.2 Å². The van der Waals surface area contributed by atoms with Crippen LogP contribution in [0.3, 0.4) is 0 Å². The number of hydrogen-bond donors (Lipinski definition) is 0. The topological polar surface area (TPSA) is 21.3 Å². The van der Waals surface area contributed by atoms with Crippen LogP contribution >= 0.6 is 0 Å². The van der Waals surface area contributed by atoms with Gasteiger partial charge >= 0.3 is 0 Å². The molecule has 16 aromatic carbocycles. The van der Waals surface area contributed by atoms with E-state index in [1.54, 1.807) is 0 Å². The highest BCUT2D eigenvalue weighted by molar-refractivity contribution is 7.00. The largest absolute Gasteiger partial charge is 0.311 e. The predicted octanol–water partition coefficient (Wildman–Crippen LogP) is 27.3. The Morgan fingerprint density at radius 3 is 0.939 bits per heavy atom. The quantitative estimate of drug-likeness (QED) is 0.127. The first kappa shape index (κ1) is 68.6. The first-order valence-electron chi connectivity index (χ1n) is 40.2. The Labute approximate surface area is 667 Å². The van der Waals surface area contributed by atoms with Crippen LogP contribution in [-0.2, 0) is 16.2 Å². The maximum Gasteiger partial charge on any atom is 0.252 e. The molecule has 0 saturated carbocycles. The van der Waals surface area contributed by atoms with Gasteiger partial charge in [-0.3, -0.25) is 0 Å². The number of fused-ring (bicyclic) bond motifs is 13. The number of rotatable bonds is 10. The van der Waals surface area contributed by atoms with Crippen molar-refractivity contribution in [2.75, 3.05) is 9.80 Å². The summed E-state index contributed by atoms with van der Waals surface area (Å²) in [7, 11) is 0. The number of aromatic nitrogens is 3. The molecule has 2 aliphatic heterocycles. The molecule has 0 saturated heterocycles. The minimum atomic E-state index is -0.277. The fourth-order valence-corrected chi connectivity index (χ4v) is 18.7. The van der Waals surface area contributed by atoms with Gasteiger partial charge in [-0.1, -0.05) is 305 Å². The highest BCUT2D eigenvalue weighted by Crippen LogP contribution is 2.54. The van der Waals surface area contributed by atoms with Crippen molar-refractivity contribution in [3.8, 4) is 72.7 Å². The highest BCUT2D eigenvalue weighted by Gasteiger charge is 2.46. The van der Waals surface area contributed by atoms with Gasteiger partial charge in [0.15, 0.2) is 0 Å². The molecule has 6 heteroatoms. The van der Waals surface area contributed by atoms with E-state index in [0.717, 1.165) is 123 Å². The number of anilines is 6. The monoisotopic (exact) mass is 1460 g/mol. The Hall–Kier alpha value is -13.4. The van der Waals surface area contributed by atoms with Gasteiger partial charge in [0.2, 0.25) is 0 Å². The lowest BCUT2D eigenvalue weighted by molar-refractivity contribution is 0.569. The Bertz CT molecular complexity index is 6840. The fraction of sp³-hybridized carbons (Fsp3) is 0.111. The third-order valence-corrected chi connectivity index (χ3v) is 24.4. The second kappa shape index (κ2) is 26.1. The standard InChI is InChI=1S/C108H86BN5/c1-106(2,3)77-57-75(58-78(63-77)107(4,5)6)76-61-102-104-103(62-76)114(105-89(71-36-18-12-19-37-71)64-79(108(7,8)9)65-90(105)72-38-20-13-21-39-72)101-68-82(111-96-47-29-24-42-86(96)87-43-25-30-48-97(87)111)51-54-93(101)109(104)92-53-50-81(67-100(92)113(102)83-59-73(69-32-14-10-15-33-69)56-74(60-83)70-34-16-11-17-35-70)112-98-49-31-26-44-88(98)91-66-80(52-55-99(91)112)110-94-45-27-22-40-84(94)85-41-23-28-46-95(85)110/h10-68H,1-9H3. The molecule has 21 rings (SSSR count).